The molecule has 0 aliphatic carbocycles. The second kappa shape index (κ2) is 8.88. The molecule has 170 valence electrons. The maximum Gasteiger partial charge on any atom is 0.266 e. The van der Waals surface area contributed by atoms with Crippen LogP contribution in [-0.4, -0.2) is 41.7 Å². The van der Waals surface area contributed by atoms with Crippen molar-refractivity contribution in [1.82, 2.24) is 14.3 Å². The molecule has 3 aromatic rings. The number of fused-ring (bicyclic) bond motifs is 1. The van der Waals surface area contributed by atoms with Crippen molar-refractivity contribution in [2.75, 3.05) is 18.4 Å². The molecule has 1 saturated heterocycles. The van der Waals surface area contributed by atoms with E-state index in [1.54, 1.807) is 29.4 Å². The van der Waals surface area contributed by atoms with Gasteiger partial charge in [0, 0.05) is 29.9 Å². The largest absolute Gasteiger partial charge is 0.321 e. The summed E-state index contributed by atoms with van der Waals surface area (Å²) in [7, 11) is -3.61. The van der Waals surface area contributed by atoms with Crippen molar-refractivity contribution in [3.05, 3.63) is 45.7 Å². The van der Waals surface area contributed by atoms with E-state index in [0.717, 1.165) is 47.2 Å². The molecule has 1 aromatic carbocycles. The van der Waals surface area contributed by atoms with E-state index >= 15 is 0 Å². The van der Waals surface area contributed by atoms with Gasteiger partial charge in [-0.25, -0.2) is 18.4 Å². The highest BCUT2D eigenvalue weighted by atomic mass is 32.2. The first-order chi connectivity index (χ1) is 15.2. The van der Waals surface area contributed by atoms with E-state index in [9.17, 15) is 13.2 Å². The third kappa shape index (κ3) is 4.29. The van der Waals surface area contributed by atoms with Gasteiger partial charge >= 0.3 is 0 Å². The summed E-state index contributed by atoms with van der Waals surface area (Å²) in [5.74, 6) is 0.398. The van der Waals surface area contributed by atoms with Crippen LogP contribution in [0.5, 0.6) is 0 Å². The number of benzene rings is 1. The van der Waals surface area contributed by atoms with Gasteiger partial charge in [0.25, 0.3) is 5.91 Å². The average molecular weight is 473 g/mol. The van der Waals surface area contributed by atoms with Gasteiger partial charge in [0.05, 0.1) is 9.77 Å². The third-order valence-electron chi connectivity index (χ3n) is 5.92. The molecular formula is C23H28N4O3S2. The number of amides is 1. The molecule has 0 radical (unpaired) electrons. The fourth-order valence-electron chi connectivity index (χ4n) is 4.25. The van der Waals surface area contributed by atoms with E-state index in [1.165, 1.54) is 11.3 Å². The van der Waals surface area contributed by atoms with Crippen LogP contribution < -0.4 is 5.32 Å². The van der Waals surface area contributed by atoms with Gasteiger partial charge in [0.2, 0.25) is 10.0 Å². The molecule has 7 nitrogen and oxygen atoms in total. The van der Waals surface area contributed by atoms with Crippen molar-refractivity contribution in [3.8, 4) is 0 Å². The number of hydrogen-bond acceptors (Lipinski definition) is 6. The lowest BCUT2D eigenvalue weighted by molar-refractivity contribution is 0.103. The van der Waals surface area contributed by atoms with E-state index in [2.05, 4.69) is 15.3 Å². The Labute approximate surface area is 192 Å². The monoisotopic (exact) mass is 472 g/mol. The van der Waals surface area contributed by atoms with Crippen LogP contribution in [0.4, 0.5) is 5.69 Å². The van der Waals surface area contributed by atoms with Gasteiger partial charge in [-0.3, -0.25) is 4.79 Å². The quantitative estimate of drug-likeness (QED) is 0.592. The van der Waals surface area contributed by atoms with Gasteiger partial charge in [-0.1, -0.05) is 18.9 Å². The number of anilines is 1. The van der Waals surface area contributed by atoms with Gasteiger partial charge in [0.15, 0.2) is 0 Å². The van der Waals surface area contributed by atoms with Crippen LogP contribution >= 0.6 is 11.3 Å². The van der Waals surface area contributed by atoms with Crippen molar-refractivity contribution < 1.29 is 13.2 Å². The highest BCUT2D eigenvalue weighted by Gasteiger charge is 2.27. The number of carbonyl (C=O) groups excluding carboxylic acids is 1. The molecule has 2 aromatic heterocycles. The Hall–Kier alpha value is -2.36. The average Bonchev–Trinajstić information content (AvgIpc) is 2.91. The third-order valence-corrected chi connectivity index (χ3v) is 9.14. The molecule has 1 fully saturated rings. The van der Waals surface area contributed by atoms with Crippen LogP contribution in [0.1, 0.15) is 58.0 Å². The van der Waals surface area contributed by atoms with E-state index < -0.39 is 10.0 Å². The Balaban J connectivity index is 1.65. The molecule has 32 heavy (non-hydrogen) atoms. The molecule has 1 amide bonds. The van der Waals surface area contributed by atoms with Gasteiger partial charge in [-0.2, -0.15) is 4.31 Å². The minimum Gasteiger partial charge on any atom is -0.321 e. The summed E-state index contributed by atoms with van der Waals surface area (Å²) in [5, 5.41) is 3.79. The van der Waals surface area contributed by atoms with E-state index in [1.807, 2.05) is 20.8 Å². The van der Waals surface area contributed by atoms with Crippen molar-refractivity contribution in [3.63, 3.8) is 0 Å². The number of hydrogen-bond donors (Lipinski definition) is 1. The lowest BCUT2D eigenvalue weighted by Gasteiger charge is -2.21. The Bertz CT molecular complexity index is 1290. The first-order valence-corrected chi connectivity index (χ1v) is 13.1. The summed E-state index contributed by atoms with van der Waals surface area (Å²) in [4.78, 5) is 23.6. The molecule has 0 spiro atoms. The molecule has 0 unspecified atom stereocenters. The van der Waals surface area contributed by atoms with Gasteiger partial charge < -0.3 is 5.32 Å². The SMILES string of the molecule is Cc1nc(C)c2c(C)c(C(=O)Nc3ccc(C)c(S(=O)(=O)N4CCCCCC4)c3)sc2n1. The number of nitrogens with zero attached hydrogens (tertiary/aromatic N) is 3. The number of nitrogens with one attached hydrogen (secondary N) is 1. The van der Waals surface area contributed by atoms with Crippen molar-refractivity contribution in [2.45, 2.75) is 58.3 Å². The molecule has 4 rings (SSSR count). The minimum atomic E-state index is -3.61. The predicted molar refractivity (Wildman–Crippen MR) is 128 cm³/mol. The maximum absolute atomic E-state index is 13.3. The van der Waals surface area contributed by atoms with Gasteiger partial charge in [0.1, 0.15) is 10.7 Å². The Kier molecular flexibility index (Phi) is 6.33. The second-order valence-electron chi connectivity index (χ2n) is 8.35. The predicted octanol–water partition coefficient (Wildman–Crippen LogP) is 4.74. The normalized spacial score (nSPS) is 15.6. The summed E-state index contributed by atoms with van der Waals surface area (Å²) < 4.78 is 28.2. The molecular weight excluding hydrogens is 444 g/mol. The smallest absolute Gasteiger partial charge is 0.266 e. The lowest BCUT2D eigenvalue weighted by atomic mass is 10.1. The zero-order valence-electron chi connectivity index (χ0n) is 18.9. The van der Waals surface area contributed by atoms with E-state index in [-0.39, 0.29) is 10.8 Å². The first kappa shape index (κ1) is 22.8. The molecule has 1 aliphatic rings. The van der Waals surface area contributed by atoms with Crippen LogP contribution in [0.15, 0.2) is 23.1 Å². The molecule has 0 bridgehead atoms. The van der Waals surface area contributed by atoms with Crippen LogP contribution in [0, 0.1) is 27.7 Å². The number of sulfonamides is 1. The first-order valence-electron chi connectivity index (χ1n) is 10.8. The zero-order chi connectivity index (χ0) is 23.0. The van der Waals surface area contributed by atoms with Crippen LogP contribution in [0.2, 0.25) is 0 Å². The maximum atomic E-state index is 13.3. The van der Waals surface area contributed by atoms with Crippen molar-refractivity contribution in [2.24, 2.45) is 0 Å². The standard InChI is InChI=1S/C23H28N4O3S2/c1-14-9-10-18(13-19(14)32(29,30)27-11-7-5-6-8-12-27)26-22(28)21-15(2)20-16(3)24-17(4)25-23(20)31-21/h9-10,13H,5-8,11-12H2,1-4H3,(H,26,28). The minimum absolute atomic E-state index is 0.252. The number of carbonyl (C=O) groups is 1. The number of thiophene rings is 1. The summed E-state index contributed by atoms with van der Waals surface area (Å²) >= 11 is 1.33. The van der Waals surface area contributed by atoms with Crippen LogP contribution in [-0.2, 0) is 10.0 Å². The molecule has 1 N–H and O–H groups in total. The Morgan fingerprint density at radius 2 is 1.72 bits per heavy atom. The molecule has 1 aliphatic heterocycles. The summed E-state index contributed by atoms with van der Waals surface area (Å²) in [6, 6.07) is 5.06. The van der Waals surface area contributed by atoms with Gasteiger partial charge in [-0.15, -0.1) is 11.3 Å². The molecule has 0 atom stereocenters. The highest BCUT2D eigenvalue weighted by molar-refractivity contribution is 7.89. The molecule has 9 heteroatoms. The van der Waals surface area contributed by atoms with Crippen LogP contribution in [0.25, 0.3) is 10.2 Å². The Morgan fingerprint density at radius 1 is 1.03 bits per heavy atom. The van der Waals surface area contributed by atoms with E-state index in [0.29, 0.717) is 35.0 Å². The molecule has 3 heterocycles. The second-order valence-corrected chi connectivity index (χ2v) is 11.3. The Morgan fingerprint density at radius 3 is 2.41 bits per heavy atom. The molecule has 0 saturated carbocycles. The number of aromatic nitrogens is 2. The lowest BCUT2D eigenvalue weighted by Crippen LogP contribution is -2.32. The number of aryl methyl sites for hydroxylation is 4. The summed E-state index contributed by atoms with van der Waals surface area (Å²) in [6.07, 6.45) is 3.86. The van der Waals surface area contributed by atoms with Crippen molar-refractivity contribution in [1.29, 1.82) is 0 Å². The van der Waals surface area contributed by atoms with E-state index in [4.69, 9.17) is 0 Å². The number of rotatable bonds is 4. The van der Waals surface area contributed by atoms with Gasteiger partial charge in [-0.05, 0) is 63.8 Å². The summed E-state index contributed by atoms with van der Waals surface area (Å²) in [6.45, 7) is 8.51. The zero-order valence-corrected chi connectivity index (χ0v) is 20.5. The summed E-state index contributed by atoms with van der Waals surface area (Å²) in [5.41, 5.74) is 2.82. The van der Waals surface area contributed by atoms with Crippen LogP contribution in [0.3, 0.4) is 0 Å². The van der Waals surface area contributed by atoms with Crippen molar-refractivity contribution >= 4 is 43.2 Å². The fraction of sp³-hybridized carbons (Fsp3) is 0.435. The fourth-order valence-corrected chi connectivity index (χ4v) is 7.20. The topological polar surface area (TPSA) is 92.3 Å². The highest BCUT2D eigenvalue weighted by Crippen LogP contribution is 2.32.